The molecular formula is C13H19NO2S. The van der Waals surface area contributed by atoms with Gasteiger partial charge in [-0.25, -0.2) is 0 Å². The third kappa shape index (κ3) is 3.54. The molecule has 1 aliphatic heterocycles. The van der Waals surface area contributed by atoms with Crippen LogP contribution in [0.5, 0.6) is 11.5 Å². The molecule has 2 atom stereocenters. The van der Waals surface area contributed by atoms with Crippen molar-refractivity contribution in [3.05, 3.63) is 24.3 Å². The van der Waals surface area contributed by atoms with Crippen LogP contribution < -0.4 is 15.2 Å². The number of nitrogens with two attached hydrogens (primary N) is 1. The lowest BCUT2D eigenvalue weighted by Crippen LogP contribution is -2.35. The van der Waals surface area contributed by atoms with Gasteiger partial charge >= 0.3 is 0 Å². The molecule has 0 spiro atoms. The van der Waals surface area contributed by atoms with E-state index < -0.39 is 0 Å². The molecule has 3 nitrogen and oxygen atoms in total. The minimum atomic E-state index is 0.135. The Bertz CT molecular complexity index is 353. The van der Waals surface area contributed by atoms with E-state index in [0.29, 0.717) is 12.5 Å². The van der Waals surface area contributed by atoms with Crippen LogP contribution in [-0.4, -0.2) is 31.3 Å². The van der Waals surface area contributed by atoms with Gasteiger partial charge in [0, 0.05) is 12.1 Å². The summed E-state index contributed by atoms with van der Waals surface area (Å²) >= 11 is 1.98. The van der Waals surface area contributed by atoms with Crippen molar-refractivity contribution in [1.82, 2.24) is 0 Å². The summed E-state index contributed by atoms with van der Waals surface area (Å²) in [4.78, 5) is 0. The number of hydrogen-bond donors (Lipinski definition) is 1. The van der Waals surface area contributed by atoms with E-state index in [1.54, 1.807) is 7.11 Å². The summed E-state index contributed by atoms with van der Waals surface area (Å²) in [6.45, 7) is 0.582. The Morgan fingerprint density at radius 3 is 3.00 bits per heavy atom. The summed E-state index contributed by atoms with van der Waals surface area (Å²) in [6, 6.07) is 7.77. The van der Waals surface area contributed by atoms with Crippen molar-refractivity contribution in [3.8, 4) is 11.5 Å². The molecule has 0 bridgehead atoms. The monoisotopic (exact) mass is 253 g/mol. The summed E-state index contributed by atoms with van der Waals surface area (Å²) in [5.74, 6) is 4.64. The quantitative estimate of drug-likeness (QED) is 0.873. The minimum Gasteiger partial charge on any atom is -0.497 e. The van der Waals surface area contributed by atoms with E-state index in [-0.39, 0.29) is 6.04 Å². The van der Waals surface area contributed by atoms with Crippen molar-refractivity contribution in [1.29, 1.82) is 0 Å². The second-order valence-electron chi connectivity index (χ2n) is 4.28. The van der Waals surface area contributed by atoms with E-state index in [0.717, 1.165) is 11.5 Å². The van der Waals surface area contributed by atoms with Crippen LogP contribution in [-0.2, 0) is 0 Å². The first kappa shape index (κ1) is 12.6. The van der Waals surface area contributed by atoms with Crippen molar-refractivity contribution < 1.29 is 9.47 Å². The van der Waals surface area contributed by atoms with Crippen molar-refractivity contribution in [2.75, 3.05) is 25.2 Å². The van der Waals surface area contributed by atoms with E-state index in [1.807, 2.05) is 36.0 Å². The SMILES string of the molecule is COc1cccc(OCC(N)C2CCSC2)c1. The molecule has 17 heavy (non-hydrogen) atoms. The van der Waals surface area contributed by atoms with Gasteiger partial charge in [0.15, 0.2) is 0 Å². The van der Waals surface area contributed by atoms with Crippen LogP contribution in [0, 0.1) is 5.92 Å². The van der Waals surface area contributed by atoms with Gasteiger partial charge in [0.2, 0.25) is 0 Å². The lowest BCUT2D eigenvalue weighted by molar-refractivity contribution is 0.254. The maximum Gasteiger partial charge on any atom is 0.123 e. The number of hydrogen-bond acceptors (Lipinski definition) is 4. The van der Waals surface area contributed by atoms with Gasteiger partial charge in [0.05, 0.1) is 7.11 Å². The van der Waals surface area contributed by atoms with E-state index in [9.17, 15) is 0 Å². The number of rotatable bonds is 5. The molecule has 2 unspecified atom stereocenters. The molecule has 1 aromatic carbocycles. The van der Waals surface area contributed by atoms with Crippen LogP contribution >= 0.6 is 11.8 Å². The van der Waals surface area contributed by atoms with E-state index >= 15 is 0 Å². The first-order chi connectivity index (χ1) is 8.29. The highest BCUT2D eigenvalue weighted by molar-refractivity contribution is 7.99. The van der Waals surface area contributed by atoms with Crippen molar-refractivity contribution in [2.24, 2.45) is 11.7 Å². The molecule has 0 saturated carbocycles. The molecule has 94 valence electrons. The van der Waals surface area contributed by atoms with E-state index in [2.05, 4.69) is 0 Å². The Morgan fingerprint density at radius 2 is 2.29 bits per heavy atom. The van der Waals surface area contributed by atoms with Crippen LogP contribution in [0.3, 0.4) is 0 Å². The standard InChI is InChI=1S/C13H19NO2S/c1-15-11-3-2-4-12(7-11)16-8-13(14)10-5-6-17-9-10/h2-4,7,10,13H,5-6,8-9,14H2,1H3. The highest BCUT2D eigenvalue weighted by Gasteiger charge is 2.22. The van der Waals surface area contributed by atoms with Gasteiger partial charge < -0.3 is 15.2 Å². The van der Waals surface area contributed by atoms with Crippen LogP contribution in [0.2, 0.25) is 0 Å². The van der Waals surface area contributed by atoms with E-state index in [4.69, 9.17) is 15.2 Å². The first-order valence-corrected chi connectivity index (χ1v) is 7.05. The topological polar surface area (TPSA) is 44.5 Å². The largest absolute Gasteiger partial charge is 0.497 e. The highest BCUT2D eigenvalue weighted by Crippen LogP contribution is 2.26. The van der Waals surface area contributed by atoms with Crippen LogP contribution in [0.15, 0.2) is 24.3 Å². The second kappa shape index (κ2) is 6.17. The van der Waals surface area contributed by atoms with Crippen LogP contribution in [0.25, 0.3) is 0 Å². The van der Waals surface area contributed by atoms with Crippen molar-refractivity contribution in [2.45, 2.75) is 12.5 Å². The Morgan fingerprint density at radius 1 is 1.47 bits per heavy atom. The number of thioether (sulfide) groups is 1. The molecule has 2 N–H and O–H groups in total. The predicted molar refractivity (Wildman–Crippen MR) is 71.9 cm³/mol. The Balaban J connectivity index is 1.83. The molecule has 0 aromatic heterocycles. The Kier molecular flexibility index (Phi) is 4.57. The number of ether oxygens (including phenoxy) is 2. The first-order valence-electron chi connectivity index (χ1n) is 5.90. The van der Waals surface area contributed by atoms with Gasteiger partial charge in [-0.3, -0.25) is 0 Å². The van der Waals surface area contributed by atoms with Gasteiger partial charge in [-0.15, -0.1) is 0 Å². The smallest absolute Gasteiger partial charge is 0.123 e. The van der Waals surface area contributed by atoms with Gasteiger partial charge in [-0.05, 0) is 36.0 Å². The number of benzene rings is 1. The Labute approximate surface area is 107 Å². The zero-order valence-electron chi connectivity index (χ0n) is 10.1. The van der Waals surface area contributed by atoms with Crippen molar-refractivity contribution >= 4 is 11.8 Å². The normalized spacial score (nSPS) is 21.2. The van der Waals surface area contributed by atoms with Gasteiger partial charge in [-0.2, -0.15) is 11.8 Å². The molecule has 0 aliphatic carbocycles. The van der Waals surface area contributed by atoms with Crippen LogP contribution in [0.4, 0.5) is 0 Å². The average Bonchev–Trinajstić information content (AvgIpc) is 2.90. The molecule has 1 heterocycles. The van der Waals surface area contributed by atoms with Gasteiger partial charge in [0.25, 0.3) is 0 Å². The molecular weight excluding hydrogens is 234 g/mol. The zero-order valence-corrected chi connectivity index (χ0v) is 10.9. The average molecular weight is 253 g/mol. The summed E-state index contributed by atoms with van der Waals surface area (Å²) in [6.07, 6.45) is 1.22. The summed E-state index contributed by atoms with van der Waals surface area (Å²) in [5, 5.41) is 0. The lowest BCUT2D eigenvalue weighted by Gasteiger charge is -2.18. The third-order valence-corrected chi connectivity index (χ3v) is 4.24. The molecule has 0 radical (unpaired) electrons. The summed E-state index contributed by atoms with van der Waals surface area (Å²) in [5.41, 5.74) is 6.13. The molecule has 1 saturated heterocycles. The minimum absolute atomic E-state index is 0.135. The summed E-state index contributed by atoms with van der Waals surface area (Å²) in [7, 11) is 1.65. The van der Waals surface area contributed by atoms with E-state index in [1.165, 1.54) is 17.9 Å². The molecule has 1 aromatic rings. The third-order valence-electron chi connectivity index (χ3n) is 3.05. The second-order valence-corrected chi connectivity index (χ2v) is 5.43. The van der Waals surface area contributed by atoms with Gasteiger partial charge in [0.1, 0.15) is 18.1 Å². The Hall–Kier alpha value is -0.870. The maximum absolute atomic E-state index is 6.13. The molecule has 2 rings (SSSR count). The summed E-state index contributed by atoms with van der Waals surface area (Å²) < 4.78 is 10.9. The lowest BCUT2D eigenvalue weighted by atomic mass is 10.0. The predicted octanol–water partition coefficient (Wildman–Crippen LogP) is 2.15. The molecule has 1 aliphatic rings. The fourth-order valence-corrected chi connectivity index (χ4v) is 3.26. The zero-order chi connectivity index (χ0) is 12.1. The fraction of sp³-hybridized carbons (Fsp3) is 0.538. The number of methoxy groups -OCH3 is 1. The molecule has 0 amide bonds. The molecule has 1 fully saturated rings. The van der Waals surface area contributed by atoms with Crippen molar-refractivity contribution in [3.63, 3.8) is 0 Å². The maximum atomic E-state index is 6.13. The highest BCUT2D eigenvalue weighted by atomic mass is 32.2. The van der Waals surface area contributed by atoms with Gasteiger partial charge in [-0.1, -0.05) is 6.07 Å². The molecule has 4 heteroatoms. The fourth-order valence-electron chi connectivity index (χ4n) is 1.91. The van der Waals surface area contributed by atoms with Crippen LogP contribution in [0.1, 0.15) is 6.42 Å².